The number of hydrogen-bond acceptors (Lipinski definition) is 5. The van der Waals surface area contributed by atoms with E-state index in [0.29, 0.717) is 28.1 Å². The molecule has 0 saturated heterocycles. The SMILES string of the molecule is CC(C)O.CC(C)c1c(C(=O)Nc2ccccc2)c(-c2ccccc2)c(-c2ccc(F)cc2)n1CC[C@@H](O)C[C@@H](O)CC(=O)O. The van der Waals surface area contributed by atoms with Gasteiger partial charge >= 0.3 is 5.97 Å². The fraction of sp³-hybridized carbons (Fsp3) is 0.333. The topological polar surface area (TPSA) is 132 Å². The molecule has 0 aliphatic carbocycles. The molecule has 4 rings (SSSR count). The molecular weight excluding hydrogens is 575 g/mol. The molecule has 2 atom stereocenters. The maximum absolute atomic E-state index is 14.0. The summed E-state index contributed by atoms with van der Waals surface area (Å²) < 4.78 is 16.0. The highest BCUT2D eigenvalue weighted by Gasteiger charge is 2.31. The average Bonchev–Trinajstić information content (AvgIpc) is 3.32. The fourth-order valence-electron chi connectivity index (χ4n) is 5.20. The quantitative estimate of drug-likeness (QED) is 0.120. The molecule has 1 amide bonds. The van der Waals surface area contributed by atoms with Gasteiger partial charge in [0, 0.05) is 29.6 Å². The molecule has 0 bridgehead atoms. The lowest BCUT2D eigenvalue weighted by atomic mass is 9.94. The standard InChI is InChI=1S/C33H35FN2O5.C3H8O/c1-21(2)31-30(33(41)35-25-11-7-4-8-12-25)29(22-9-5-3-6-10-22)32(23-13-15-24(34)16-14-23)36(31)18-17-26(37)19-27(38)20-28(39)40;1-3(2)4/h3-16,21,26-27,37-38H,17-20H2,1-2H3,(H,35,41)(H,39,40);3-4H,1-2H3/t26-,27-;/m1./s1. The number of aliphatic carboxylic acids is 1. The third-order valence-corrected chi connectivity index (χ3v) is 6.93. The van der Waals surface area contributed by atoms with Crippen LogP contribution in [-0.4, -0.2) is 55.2 Å². The van der Waals surface area contributed by atoms with E-state index in [0.717, 1.165) is 11.3 Å². The molecule has 3 aromatic carbocycles. The molecule has 1 aromatic heterocycles. The van der Waals surface area contributed by atoms with Gasteiger partial charge in [0.2, 0.25) is 0 Å². The minimum absolute atomic E-state index is 0.0939. The van der Waals surface area contributed by atoms with E-state index in [1.165, 1.54) is 12.1 Å². The second kappa shape index (κ2) is 16.7. The smallest absolute Gasteiger partial charge is 0.305 e. The largest absolute Gasteiger partial charge is 0.481 e. The van der Waals surface area contributed by atoms with E-state index in [1.54, 1.807) is 26.0 Å². The van der Waals surface area contributed by atoms with Gasteiger partial charge in [0.25, 0.3) is 5.91 Å². The molecule has 9 heteroatoms. The Morgan fingerprint density at radius 3 is 1.89 bits per heavy atom. The molecule has 1 heterocycles. The number of benzene rings is 3. The van der Waals surface area contributed by atoms with E-state index >= 15 is 0 Å². The van der Waals surface area contributed by atoms with Gasteiger partial charge in [0.15, 0.2) is 0 Å². The van der Waals surface area contributed by atoms with Gasteiger partial charge in [0.05, 0.1) is 29.9 Å². The van der Waals surface area contributed by atoms with Crippen LogP contribution in [0.3, 0.4) is 0 Å². The zero-order valence-electron chi connectivity index (χ0n) is 26.2. The zero-order chi connectivity index (χ0) is 33.1. The Hall–Kier alpha value is -4.31. The van der Waals surface area contributed by atoms with E-state index < -0.39 is 24.6 Å². The number of halogens is 1. The van der Waals surface area contributed by atoms with E-state index in [1.807, 2.05) is 79.1 Å². The molecule has 0 saturated carbocycles. The Morgan fingerprint density at radius 2 is 1.36 bits per heavy atom. The van der Waals surface area contributed by atoms with E-state index in [9.17, 15) is 24.2 Å². The summed E-state index contributed by atoms with van der Waals surface area (Å²) in [6.07, 6.45) is -2.67. The number of carboxylic acids is 1. The van der Waals surface area contributed by atoms with Crippen LogP contribution >= 0.6 is 0 Å². The van der Waals surface area contributed by atoms with Crippen molar-refractivity contribution in [3.05, 3.63) is 102 Å². The molecule has 4 aromatic rings. The van der Waals surface area contributed by atoms with Crippen LogP contribution in [0.2, 0.25) is 0 Å². The minimum Gasteiger partial charge on any atom is -0.481 e. The number of anilines is 1. The molecule has 0 spiro atoms. The van der Waals surface area contributed by atoms with Gasteiger partial charge in [-0.05, 0) is 80.1 Å². The Balaban J connectivity index is 0.00000130. The van der Waals surface area contributed by atoms with Crippen LogP contribution in [0.5, 0.6) is 0 Å². The number of carboxylic acid groups (broad SMARTS) is 1. The van der Waals surface area contributed by atoms with Crippen LogP contribution < -0.4 is 5.32 Å². The number of carbonyl (C=O) groups excluding carboxylic acids is 1. The molecule has 8 nitrogen and oxygen atoms in total. The van der Waals surface area contributed by atoms with Crippen LogP contribution in [0.4, 0.5) is 10.1 Å². The zero-order valence-corrected chi connectivity index (χ0v) is 26.2. The Kier molecular flexibility index (Phi) is 13.0. The van der Waals surface area contributed by atoms with Gasteiger partial charge in [-0.1, -0.05) is 62.4 Å². The maximum Gasteiger partial charge on any atom is 0.305 e. The van der Waals surface area contributed by atoms with Gasteiger partial charge in [0.1, 0.15) is 5.82 Å². The highest BCUT2D eigenvalue weighted by Crippen LogP contribution is 2.42. The van der Waals surface area contributed by atoms with Crippen molar-refractivity contribution in [1.82, 2.24) is 4.57 Å². The lowest BCUT2D eigenvalue weighted by Crippen LogP contribution is -2.22. The van der Waals surface area contributed by atoms with Gasteiger partial charge in [-0.15, -0.1) is 0 Å². The van der Waals surface area contributed by atoms with E-state index in [-0.39, 0.29) is 43.1 Å². The molecule has 240 valence electrons. The number of carbonyl (C=O) groups is 2. The van der Waals surface area contributed by atoms with Gasteiger partial charge in [-0.2, -0.15) is 0 Å². The number of aliphatic hydroxyl groups excluding tert-OH is 3. The summed E-state index contributed by atoms with van der Waals surface area (Å²) in [6.45, 7) is 7.70. The number of aliphatic hydroxyl groups is 3. The van der Waals surface area contributed by atoms with Crippen LogP contribution in [0.1, 0.15) is 68.9 Å². The third kappa shape index (κ3) is 10.1. The van der Waals surface area contributed by atoms with Crippen LogP contribution in [-0.2, 0) is 11.3 Å². The summed E-state index contributed by atoms with van der Waals surface area (Å²) in [4.78, 5) is 25.0. The Bertz CT molecular complexity index is 1520. The number of hydrogen-bond donors (Lipinski definition) is 5. The minimum atomic E-state index is -1.18. The molecule has 0 unspecified atom stereocenters. The Labute approximate surface area is 263 Å². The summed E-state index contributed by atoms with van der Waals surface area (Å²) in [7, 11) is 0. The highest BCUT2D eigenvalue weighted by molar-refractivity contribution is 6.12. The number of aromatic nitrogens is 1. The van der Waals surface area contributed by atoms with Gasteiger partial charge in [-0.3, -0.25) is 9.59 Å². The summed E-state index contributed by atoms with van der Waals surface area (Å²) in [5.41, 5.74) is 4.77. The first kappa shape index (κ1) is 35.2. The van der Waals surface area contributed by atoms with Crippen molar-refractivity contribution in [1.29, 1.82) is 0 Å². The monoisotopic (exact) mass is 618 g/mol. The van der Waals surface area contributed by atoms with Crippen molar-refractivity contribution >= 4 is 17.6 Å². The molecule has 0 aliphatic heterocycles. The lowest BCUT2D eigenvalue weighted by Gasteiger charge is -2.20. The molecule has 0 fully saturated rings. The van der Waals surface area contributed by atoms with E-state index in [4.69, 9.17) is 10.2 Å². The van der Waals surface area contributed by atoms with Crippen molar-refractivity contribution < 1.29 is 34.4 Å². The number of amides is 1. The normalized spacial score (nSPS) is 12.4. The molecular formula is C36H43FN2O6. The van der Waals surface area contributed by atoms with Gasteiger partial charge < -0.3 is 30.3 Å². The average molecular weight is 619 g/mol. The van der Waals surface area contributed by atoms with Gasteiger partial charge in [-0.25, -0.2) is 4.39 Å². The van der Waals surface area contributed by atoms with Crippen LogP contribution in [0, 0.1) is 5.82 Å². The molecule has 5 N–H and O–H groups in total. The second-order valence-corrected chi connectivity index (χ2v) is 11.5. The molecule has 0 radical (unpaired) electrons. The molecule has 45 heavy (non-hydrogen) atoms. The predicted molar refractivity (Wildman–Crippen MR) is 175 cm³/mol. The third-order valence-electron chi connectivity index (χ3n) is 6.93. The van der Waals surface area contributed by atoms with Crippen molar-refractivity contribution in [3.8, 4) is 22.4 Å². The summed E-state index contributed by atoms with van der Waals surface area (Å²) >= 11 is 0. The number of nitrogens with zero attached hydrogens (tertiary/aromatic N) is 1. The second-order valence-electron chi connectivity index (χ2n) is 11.5. The highest BCUT2D eigenvalue weighted by atomic mass is 19.1. The van der Waals surface area contributed by atoms with Crippen LogP contribution in [0.15, 0.2) is 84.9 Å². The lowest BCUT2D eigenvalue weighted by molar-refractivity contribution is -0.139. The maximum atomic E-state index is 14.0. The number of rotatable bonds is 12. The number of nitrogens with one attached hydrogen (secondary N) is 1. The molecule has 0 aliphatic rings. The fourth-order valence-corrected chi connectivity index (χ4v) is 5.20. The summed E-state index contributed by atoms with van der Waals surface area (Å²) in [5, 5.41) is 40.8. The summed E-state index contributed by atoms with van der Waals surface area (Å²) in [5.74, 6) is -1.93. The Morgan fingerprint density at radius 1 is 0.800 bits per heavy atom. The van der Waals surface area contributed by atoms with E-state index in [2.05, 4.69) is 5.32 Å². The van der Waals surface area contributed by atoms with Crippen molar-refractivity contribution in [3.63, 3.8) is 0 Å². The van der Waals surface area contributed by atoms with Crippen molar-refractivity contribution in [2.75, 3.05) is 5.32 Å². The number of para-hydroxylation sites is 1. The predicted octanol–water partition coefficient (Wildman–Crippen LogP) is 6.70. The first-order valence-electron chi connectivity index (χ1n) is 15.1. The van der Waals surface area contributed by atoms with Crippen molar-refractivity contribution in [2.24, 2.45) is 0 Å². The first-order valence-corrected chi connectivity index (χ1v) is 15.1. The van der Waals surface area contributed by atoms with Crippen LogP contribution in [0.25, 0.3) is 22.4 Å². The summed E-state index contributed by atoms with van der Waals surface area (Å²) in [6, 6.07) is 24.8. The first-order chi connectivity index (χ1) is 21.4. The van der Waals surface area contributed by atoms with Crippen molar-refractivity contribution in [2.45, 2.75) is 77.7 Å².